The molecule has 0 N–H and O–H groups in total. The molecule has 0 aliphatic carbocycles. The van der Waals surface area contributed by atoms with E-state index in [1.807, 2.05) is 6.07 Å². The number of rotatable bonds is 4. The van der Waals surface area contributed by atoms with Crippen molar-refractivity contribution in [2.24, 2.45) is 5.92 Å². The zero-order chi connectivity index (χ0) is 13.7. The van der Waals surface area contributed by atoms with Crippen molar-refractivity contribution in [3.63, 3.8) is 0 Å². The maximum Gasteiger partial charge on any atom is 0.0736 e. The molecule has 1 aliphatic rings. The average Bonchev–Trinajstić information content (AvgIpc) is 2.48. The third-order valence-corrected chi connectivity index (χ3v) is 4.21. The first-order valence-electron chi connectivity index (χ1n) is 6.95. The van der Waals surface area contributed by atoms with Crippen LogP contribution in [0.1, 0.15) is 31.4 Å². The summed E-state index contributed by atoms with van der Waals surface area (Å²) in [5.74, 6) is 0.384. The SMILES string of the molecule is CO[C@H]1CN(C(C)c2ccccc2)CC[C@H]1CC#N. The summed E-state index contributed by atoms with van der Waals surface area (Å²) >= 11 is 0. The van der Waals surface area contributed by atoms with E-state index in [2.05, 4.69) is 42.2 Å². The average molecular weight is 258 g/mol. The van der Waals surface area contributed by atoms with Gasteiger partial charge in [-0.25, -0.2) is 0 Å². The van der Waals surface area contributed by atoms with Gasteiger partial charge >= 0.3 is 0 Å². The molecule has 0 aromatic heterocycles. The zero-order valence-corrected chi connectivity index (χ0v) is 11.7. The predicted octanol–water partition coefficient (Wildman–Crippen LogP) is 3.00. The van der Waals surface area contributed by atoms with E-state index >= 15 is 0 Å². The fraction of sp³-hybridized carbons (Fsp3) is 0.562. The molecule has 1 aromatic rings. The van der Waals surface area contributed by atoms with Gasteiger partial charge in [-0.3, -0.25) is 4.90 Å². The Hall–Kier alpha value is -1.37. The van der Waals surface area contributed by atoms with Crippen LogP contribution < -0.4 is 0 Å². The summed E-state index contributed by atoms with van der Waals surface area (Å²) in [5, 5.41) is 8.87. The second-order valence-electron chi connectivity index (χ2n) is 5.27. The van der Waals surface area contributed by atoms with Gasteiger partial charge in [0.2, 0.25) is 0 Å². The molecule has 3 heteroatoms. The molecule has 0 bridgehead atoms. The lowest BCUT2D eigenvalue weighted by atomic mass is 9.90. The van der Waals surface area contributed by atoms with Crippen LogP contribution in [0.15, 0.2) is 30.3 Å². The van der Waals surface area contributed by atoms with E-state index in [-0.39, 0.29) is 6.10 Å². The van der Waals surface area contributed by atoms with Gasteiger partial charge in [0.05, 0.1) is 12.2 Å². The van der Waals surface area contributed by atoms with E-state index < -0.39 is 0 Å². The van der Waals surface area contributed by atoms with Crippen LogP contribution in [0.25, 0.3) is 0 Å². The molecule has 0 saturated carbocycles. The monoisotopic (exact) mass is 258 g/mol. The van der Waals surface area contributed by atoms with Gasteiger partial charge in [-0.15, -0.1) is 0 Å². The van der Waals surface area contributed by atoms with Crippen LogP contribution in [0.2, 0.25) is 0 Å². The van der Waals surface area contributed by atoms with Gasteiger partial charge in [0.25, 0.3) is 0 Å². The van der Waals surface area contributed by atoms with Crippen molar-refractivity contribution in [2.45, 2.75) is 31.9 Å². The van der Waals surface area contributed by atoms with Crippen molar-refractivity contribution < 1.29 is 4.74 Å². The highest BCUT2D eigenvalue weighted by Gasteiger charge is 2.31. The van der Waals surface area contributed by atoms with E-state index in [1.54, 1.807) is 7.11 Å². The molecule has 2 rings (SSSR count). The number of methoxy groups -OCH3 is 1. The topological polar surface area (TPSA) is 36.3 Å². The minimum absolute atomic E-state index is 0.180. The van der Waals surface area contributed by atoms with Crippen molar-refractivity contribution in [1.82, 2.24) is 4.90 Å². The van der Waals surface area contributed by atoms with Crippen LogP contribution in [-0.2, 0) is 4.74 Å². The summed E-state index contributed by atoms with van der Waals surface area (Å²) in [6, 6.07) is 13.3. The molecule has 0 spiro atoms. The quantitative estimate of drug-likeness (QED) is 0.833. The number of hydrogen-bond donors (Lipinski definition) is 0. The largest absolute Gasteiger partial charge is 0.380 e. The number of likely N-dealkylation sites (tertiary alicyclic amines) is 1. The van der Waals surface area contributed by atoms with Crippen molar-refractivity contribution in [3.05, 3.63) is 35.9 Å². The first kappa shape index (κ1) is 14.0. The minimum Gasteiger partial charge on any atom is -0.380 e. The van der Waals surface area contributed by atoms with Gasteiger partial charge < -0.3 is 4.74 Å². The van der Waals surface area contributed by atoms with E-state index in [1.165, 1.54) is 5.56 Å². The van der Waals surface area contributed by atoms with E-state index in [0.29, 0.717) is 18.4 Å². The third kappa shape index (κ3) is 3.34. The summed E-state index contributed by atoms with van der Waals surface area (Å²) in [6.07, 6.45) is 1.83. The molecule has 1 unspecified atom stereocenters. The van der Waals surface area contributed by atoms with Crippen LogP contribution in [0.5, 0.6) is 0 Å². The van der Waals surface area contributed by atoms with Crippen molar-refractivity contribution in [1.29, 1.82) is 5.26 Å². The Bertz CT molecular complexity index is 426. The normalized spacial score (nSPS) is 25.7. The van der Waals surface area contributed by atoms with Gasteiger partial charge in [0, 0.05) is 32.0 Å². The lowest BCUT2D eigenvalue weighted by molar-refractivity contribution is -0.0215. The number of benzene rings is 1. The number of ether oxygens (including phenoxy) is 1. The molecule has 3 nitrogen and oxygen atoms in total. The summed E-state index contributed by atoms with van der Waals surface area (Å²) in [7, 11) is 1.76. The molecule has 3 atom stereocenters. The minimum atomic E-state index is 0.180. The molecule has 19 heavy (non-hydrogen) atoms. The number of nitrogens with zero attached hydrogens (tertiary/aromatic N) is 2. The molecular weight excluding hydrogens is 236 g/mol. The van der Waals surface area contributed by atoms with E-state index in [0.717, 1.165) is 19.5 Å². The molecule has 1 fully saturated rings. The van der Waals surface area contributed by atoms with Crippen LogP contribution in [0, 0.1) is 17.2 Å². The van der Waals surface area contributed by atoms with Gasteiger partial charge in [0.1, 0.15) is 0 Å². The molecule has 0 radical (unpaired) electrons. The second kappa shape index (κ2) is 6.70. The molecule has 1 aliphatic heterocycles. The molecule has 102 valence electrons. The Labute approximate surface area is 115 Å². The standard InChI is InChI=1S/C16H22N2O/c1-13(14-6-4-3-5-7-14)18-11-9-15(8-10-17)16(12-18)19-2/h3-7,13,15-16H,8-9,11-12H2,1-2H3/t13?,15-,16+/m1/s1. The molecule has 1 heterocycles. The Morgan fingerprint density at radius 3 is 2.79 bits per heavy atom. The maximum atomic E-state index is 8.87. The first-order chi connectivity index (χ1) is 9.26. The van der Waals surface area contributed by atoms with Crippen molar-refractivity contribution in [3.8, 4) is 6.07 Å². The van der Waals surface area contributed by atoms with Crippen LogP contribution in [-0.4, -0.2) is 31.2 Å². The van der Waals surface area contributed by atoms with Crippen LogP contribution >= 0.6 is 0 Å². The number of hydrogen-bond acceptors (Lipinski definition) is 3. The smallest absolute Gasteiger partial charge is 0.0736 e. The fourth-order valence-corrected chi connectivity index (χ4v) is 2.90. The third-order valence-electron chi connectivity index (χ3n) is 4.21. The molecule has 1 aromatic carbocycles. The van der Waals surface area contributed by atoms with Crippen LogP contribution in [0.3, 0.4) is 0 Å². The summed E-state index contributed by atoms with van der Waals surface area (Å²) in [4.78, 5) is 2.46. The second-order valence-corrected chi connectivity index (χ2v) is 5.27. The van der Waals surface area contributed by atoms with Crippen LogP contribution in [0.4, 0.5) is 0 Å². The highest BCUT2D eigenvalue weighted by Crippen LogP contribution is 2.29. The molecule has 0 amide bonds. The Balaban J connectivity index is 2.02. The Morgan fingerprint density at radius 1 is 1.42 bits per heavy atom. The Morgan fingerprint density at radius 2 is 2.16 bits per heavy atom. The highest BCUT2D eigenvalue weighted by molar-refractivity contribution is 5.18. The molecule has 1 saturated heterocycles. The molecular formula is C16H22N2O. The predicted molar refractivity (Wildman–Crippen MR) is 75.6 cm³/mol. The summed E-state index contributed by atoms with van der Waals surface area (Å²) in [6.45, 7) is 4.20. The Kier molecular flexibility index (Phi) is 4.95. The lowest BCUT2D eigenvalue weighted by Gasteiger charge is -2.40. The lowest BCUT2D eigenvalue weighted by Crippen LogP contribution is -2.45. The maximum absolute atomic E-state index is 8.87. The van der Waals surface area contributed by atoms with Gasteiger partial charge in [-0.1, -0.05) is 30.3 Å². The van der Waals surface area contributed by atoms with Gasteiger partial charge in [-0.05, 0) is 25.5 Å². The van der Waals surface area contributed by atoms with Crippen molar-refractivity contribution in [2.75, 3.05) is 20.2 Å². The zero-order valence-electron chi connectivity index (χ0n) is 11.7. The number of piperidine rings is 1. The summed E-state index contributed by atoms with van der Waals surface area (Å²) < 4.78 is 5.58. The fourth-order valence-electron chi connectivity index (χ4n) is 2.90. The van der Waals surface area contributed by atoms with Crippen molar-refractivity contribution >= 4 is 0 Å². The van der Waals surface area contributed by atoms with Gasteiger partial charge in [-0.2, -0.15) is 5.26 Å². The van der Waals surface area contributed by atoms with E-state index in [9.17, 15) is 0 Å². The van der Waals surface area contributed by atoms with E-state index in [4.69, 9.17) is 10.00 Å². The first-order valence-corrected chi connectivity index (χ1v) is 6.95. The van der Waals surface area contributed by atoms with Gasteiger partial charge in [0.15, 0.2) is 0 Å². The summed E-state index contributed by atoms with van der Waals surface area (Å²) in [5.41, 5.74) is 1.34. The highest BCUT2D eigenvalue weighted by atomic mass is 16.5. The number of nitriles is 1.